The third-order valence-electron chi connectivity index (χ3n) is 4.60. The highest BCUT2D eigenvalue weighted by molar-refractivity contribution is 5.82. The molecule has 0 aliphatic heterocycles. The predicted octanol–water partition coefficient (Wildman–Crippen LogP) is 5.69. The van der Waals surface area contributed by atoms with Gasteiger partial charge in [0.25, 0.3) is 0 Å². The Morgan fingerprint density at radius 2 is 1.12 bits per heavy atom. The summed E-state index contributed by atoms with van der Waals surface area (Å²) in [5, 5.41) is 10.2. The van der Waals surface area contributed by atoms with Crippen LogP contribution in [0.5, 0.6) is 0 Å². The fraction of sp³-hybridized carbons (Fsp3) is 0.364. The first-order chi connectivity index (χ1) is 11.8. The summed E-state index contributed by atoms with van der Waals surface area (Å²) < 4.78 is 26.8. The molecule has 1 N–H and O–H groups in total. The minimum absolute atomic E-state index is 0.0921. The Balaban J connectivity index is 2.74. The number of rotatable bonds is 6. The van der Waals surface area contributed by atoms with Gasteiger partial charge in [-0.2, -0.15) is 0 Å². The number of halogens is 2. The molecule has 0 unspecified atom stereocenters. The van der Waals surface area contributed by atoms with Crippen molar-refractivity contribution in [2.75, 3.05) is 6.61 Å². The predicted molar refractivity (Wildman–Crippen MR) is 99.1 cm³/mol. The first-order valence-corrected chi connectivity index (χ1v) is 8.71. The van der Waals surface area contributed by atoms with Gasteiger partial charge in [0.2, 0.25) is 0 Å². The molecule has 0 aromatic heterocycles. The van der Waals surface area contributed by atoms with Gasteiger partial charge in [-0.15, -0.1) is 0 Å². The lowest BCUT2D eigenvalue weighted by atomic mass is 9.76. The monoisotopic (exact) mass is 344 g/mol. The summed E-state index contributed by atoms with van der Waals surface area (Å²) in [5.41, 5.74) is 3.41. The van der Waals surface area contributed by atoms with Crippen LogP contribution in [-0.2, 0) is 0 Å². The first-order valence-electron chi connectivity index (χ1n) is 8.71. The molecule has 0 atom stereocenters. The van der Waals surface area contributed by atoms with E-state index in [1.54, 1.807) is 24.3 Å². The Morgan fingerprint density at radius 3 is 1.40 bits per heavy atom. The molecule has 0 saturated carbocycles. The number of aliphatic hydroxyl groups is 1. The van der Waals surface area contributed by atoms with E-state index >= 15 is 0 Å². The van der Waals surface area contributed by atoms with Crippen LogP contribution in [0.25, 0.3) is 5.57 Å². The zero-order valence-electron chi connectivity index (χ0n) is 15.3. The standard InChI is InChI=1S/C22H26F2O/c1-14(2)21(15(3)4)20(13-25)22(16-5-9-18(23)10-6-16)17-7-11-19(24)12-8-17/h5-12,14-15,21,25H,13H2,1-4H3. The summed E-state index contributed by atoms with van der Waals surface area (Å²) >= 11 is 0. The molecule has 0 amide bonds. The molecule has 0 heterocycles. The molecule has 3 heteroatoms. The second-order valence-corrected chi connectivity index (χ2v) is 7.09. The summed E-state index contributed by atoms with van der Waals surface area (Å²) in [7, 11) is 0. The van der Waals surface area contributed by atoms with Crippen molar-refractivity contribution in [3.63, 3.8) is 0 Å². The van der Waals surface area contributed by atoms with Gasteiger partial charge in [0.1, 0.15) is 11.6 Å². The Bertz CT molecular complexity index is 657. The van der Waals surface area contributed by atoms with Crippen LogP contribution < -0.4 is 0 Å². The van der Waals surface area contributed by atoms with Crippen LogP contribution in [0.15, 0.2) is 54.1 Å². The molecule has 0 aliphatic rings. The molecule has 0 radical (unpaired) electrons. The summed E-state index contributed by atoms with van der Waals surface area (Å²) in [6, 6.07) is 12.5. The molecular formula is C22H26F2O. The molecule has 134 valence electrons. The highest BCUT2D eigenvalue weighted by Gasteiger charge is 2.25. The number of benzene rings is 2. The van der Waals surface area contributed by atoms with E-state index in [0.29, 0.717) is 11.8 Å². The van der Waals surface area contributed by atoms with Gasteiger partial charge in [0.15, 0.2) is 0 Å². The molecule has 0 fully saturated rings. The topological polar surface area (TPSA) is 20.2 Å². The van der Waals surface area contributed by atoms with Crippen LogP contribution in [0.1, 0.15) is 38.8 Å². The van der Waals surface area contributed by atoms with E-state index in [0.717, 1.165) is 22.3 Å². The van der Waals surface area contributed by atoms with Crippen molar-refractivity contribution >= 4 is 5.57 Å². The average Bonchev–Trinajstić information content (AvgIpc) is 2.56. The lowest BCUT2D eigenvalue weighted by Gasteiger charge is -2.30. The second-order valence-electron chi connectivity index (χ2n) is 7.09. The zero-order chi connectivity index (χ0) is 18.6. The Hall–Kier alpha value is -2.00. The van der Waals surface area contributed by atoms with Crippen molar-refractivity contribution in [1.82, 2.24) is 0 Å². The first kappa shape index (κ1) is 19.3. The van der Waals surface area contributed by atoms with Gasteiger partial charge in [0, 0.05) is 0 Å². The number of hydrogen-bond acceptors (Lipinski definition) is 1. The van der Waals surface area contributed by atoms with Gasteiger partial charge < -0.3 is 5.11 Å². The summed E-state index contributed by atoms with van der Waals surface area (Å²) in [6.07, 6.45) is 0. The van der Waals surface area contributed by atoms with Crippen LogP contribution >= 0.6 is 0 Å². The van der Waals surface area contributed by atoms with Crippen LogP contribution in [0, 0.1) is 29.4 Å². The van der Waals surface area contributed by atoms with Crippen LogP contribution in [0.4, 0.5) is 8.78 Å². The van der Waals surface area contributed by atoms with Crippen molar-refractivity contribution in [3.05, 3.63) is 76.9 Å². The molecule has 1 nitrogen and oxygen atoms in total. The molecule has 0 saturated heterocycles. The maximum atomic E-state index is 13.4. The number of hydrogen-bond donors (Lipinski definition) is 1. The quantitative estimate of drug-likeness (QED) is 0.714. The molecule has 0 bridgehead atoms. The van der Waals surface area contributed by atoms with E-state index in [2.05, 4.69) is 27.7 Å². The van der Waals surface area contributed by atoms with Gasteiger partial charge in [-0.3, -0.25) is 0 Å². The second kappa shape index (κ2) is 8.39. The van der Waals surface area contributed by atoms with Gasteiger partial charge in [-0.1, -0.05) is 52.0 Å². The Morgan fingerprint density at radius 1 is 0.760 bits per heavy atom. The fourth-order valence-corrected chi connectivity index (χ4v) is 3.70. The molecular weight excluding hydrogens is 318 g/mol. The molecule has 2 aromatic carbocycles. The smallest absolute Gasteiger partial charge is 0.123 e. The zero-order valence-corrected chi connectivity index (χ0v) is 15.3. The molecule has 2 rings (SSSR count). The highest BCUT2D eigenvalue weighted by Crippen LogP contribution is 2.37. The van der Waals surface area contributed by atoms with Gasteiger partial charge in [-0.25, -0.2) is 8.78 Å². The van der Waals surface area contributed by atoms with Crippen LogP contribution in [-0.4, -0.2) is 11.7 Å². The van der Waals surface area contributed by atoms with E-state index in [1.807, 2.05) is 0 Å². The summed E-state index contributed by atoms with van der Waals surface area (Å²) in [6.45, 7) is 8.44. The Labute approximate surface area is 149 Å². The lowest BCUT2D eigenvalue weighted by molar-refractivity contribution is 0.265. The van der Waals surface area contributed by atoms with Crippen molar-refractivity contribution in [2.24, 2.45) is 17.8 Å². The normalized spacial score (nSPS) is 11.4. The maximum Gasteiger partial charge on any atom is 0.123 e. The molecule has 0 aliphatic carbocycles. The van der Waals surface area contributed by atoms with Crippen LogP contribution in [0.3, 0.4) is 0 Å². The lowest BCUT2D eigenvalue weighted by Crippen LogP contribution is -2.22. The van der Waals surface area contributed by atoms with Crippen LogP contribution in [0.2, 0.25) is 0 Å². The Kier molecular flexibility index (Phi) is 6.49. The third kappa shape index (κ3) is 4.55. The van der Waals surface area contributed by atoms with Crippen molar-refractivity contribution < 1.29 is 13.9 Å². The average molecular weight is 344 g/mol. The van der Waals surface area contributed by atoms with Crippen molar-refractivity contribution in [2.45, 2.75) is 27.7 Å². The van der Waals surface area contributed by atoms with Crippen molar-refractivity contribution in [1.29, 1.82) is 0 Å². The summed E-state index contributed by atoms with van der Waals surface area (Å²) in [5.74, 6) is 0.209. The molecule has 0 spiro atoms. The molecule has 2 aromatic rings. The summed E-state index contributed by atoms with van der Waals surface area (Å²) in [4.78, 5) is 0. The maximum absolute atomic E-state index is 13.4. The van der Waals surface area contributed by atoms with E-state index < -0.39 is 0 Å². The minimum Gasteiger partial charge on any atom is -0.392 e. The van der Waals surface area contributed by atoms with E-state index in [9.17, 15) is 13.9 Å². The van der Waals surface area contributed by atoms with Crippen molar-refractivity contribution in [3.8, 4) is 0 Å². The van der Waals surface area contributed by atoms with E-state index in [1.165, 1.54) is 24.3 Å². The number of aliphatic hydroxyl groups excluding tert-OH is 1. The fourth-order valence-electron chi connectivity index (χ4n) is 3.70. The minimum atomic E-state index is -0.308. The third-order valence-corrected chi connectivity index (χ3v) is 4.60. The van der Waals surface area contributed by atoms with E-state index in [-0.39, 0.29) is 24.2 Å². The molecule has 25 heavy (non-hydrogen) atoms. The SMILES string of the molecule is CC(C)C(C(CO)=C(c1ccc(F)cc1)c1ccc(F)cc1)C(C)C. The van der Waals surface area contributed by atoms with Gasteiger partial charge >= 0.3 is 0 Å². The highest BCUT2D eigenvalue weighted by atomic mass is 19.1. The van der Waals surface area contributed by atoms with E-state index in [4.69, 9.17) is 0 Å². The van der Waals surface area contributed by atoms with Gasteiger partial charge in [0.05, 0.1) is 6.61 Å². The largest absolute Gasteiger partial charge is 0.392 e. The van der Waals surface area contributed by atoms with Gasteiger partial charge in [-0.05, 0) is 64.3 Å².